The number of hydrogen-bond acceptors (Lipinski definition) is 6. The fourth-order valence-corrected chi connectivity index (χ4v) is 4.70. The lowest BCUT2D eigenvalue weighted by Gasteiger charge is -2.34. The predicted molar refractivity (Wildman–Crippen MR) is 118 cm³/mol. The molecule has 0 aromatic carbocycles. The van der Waals surface area contributed by atoms with Crippen LogP contribution in [0.5, 0.6) is 5.75 Å². The highest BCUT2D eigenvalue weighted by Crippen LogP contribution is 2.35. The summed E-state index contributed by atoms with van der Waals surface area (Å²) in [5.74, 6) is 2.08. The van der Waals surface area contributed by atoms with Crippen molar-refractivity contribution in [3.63, 3.8) is 0 Å². The Hall–Kier alpha value is -2.64. The van der Waals surface area contributed by atoms with E-state index in [9.17, 15) is 0 Å². The SMILES string of the molecule is COc1cccnc1[C@@H]1CCCC(c2cn3c(N4CCN(C)CC4)cccc3n2)N1. The van der Waals surface area contributed by atoms with Gasteiger partial charge in [0.05, 0.1) is 30.6 Å². The molecule has 0 bridgehead atoms. The van der Waals surface area contributed by atoms with Gasteiger partial charge in [0, 0.05) is 38.6 Å². The highest BCUT2D eigenvalue weighted by molar-refractivity contribution is 5.53. The van der Waals surface area contributed by atoms with E-state index in [2.05, 4.69) is 55.9 Å². The molecule has 2 aliphatic rings. The van der Waals surface area contributed by atoms with Gasteiger partial charge in [0.2, 0.25) is 0 Å². The number of nitrogens with zero attached hydrogens (tertiary/aromatic N) is 5. The van der Waals surface area contributed by atoms with Crippen molar-refractivity contribution in [3.8, 4) is 5.75 Å². The Kier molecular flexibility index (Phi) is 5.31. The lowest BCUT2D eigenvalue weighted by molar-refractivity contribution is 0.309. The fourth-order valence-electron chi connectivity index (χ4n) is 4.70. The number of pyridine rings is 2. The molecule has 2 saturated heterocycles. The molecule has 3 aromatic rings. The summed E-state index contributed by atoms with van der Waals surface area (Å²) in [6.45, 7) is 4.28. The second kappa shape index (κ2) is 8.24. The highest BCUT2D eigenvalue weighted by atomic mass is 16.5. The zero-order chi connectivity index (χ0) is 20.5. The summed E-state index contributed by atoms with van der Waals surface area (Å²) in [6.07, 6.45) is 7.35. The standard InChI is InChI=1S/C23H30N6O/c1-27-12-14-28(15-13-27)22-10-4-9-21-26-19(16-29(21)22)17-6-3-7-18(25-17)23-20(30-2)8-5-11-24-23/h4-5,8-11,16-18,25H,3,6-7,12-15H2,1-2H3/t17?,18-/m0/s1. The van der Waals surface area contributed by atoms with Gasteiger partial charge in [0.15, 0.2) is 0 Å². The van der Waals surface area contributed by atoms with Gasteiger partial charge in [-0.25, -0.2) is 4.98 Å². The van der Waals surface area contributed by atoms with Gasteiger partial charge in [0.1, 0.15) is 17.2 Å². The van der Waals surface area contributed by atoms with Gasteiger partial charge in [-0.2, -0.15) is 0 Å². The molecule has 2 fully saturated rings. The number of piperazine rings is 1. The average Bonchev–Trinajstić information content (AvgIpc) is 3.24. The number of imidazole rings is 1. The van der Waals surface area contributed by atoms with Crippen LogP contribution in [0.25, 0.3) is 5.65 Å². The van der Waals surface area contributed by atoms with E-state index in [0.717, 1.165) is 68.2 Å². The fraction of sp³-hybridized carbons (Fsp3) is 0.478. The van der Waals surface area contributed by atoms with E-state index in [1.54, 1.807) is 7.11 Å². The normalized spacial score (nSPS) is 23.1. The van der Waals surface area contributed by atoms with Crippen LogP contribution in [0.2, 0.25) is 0 Å². The van der Waals surface area contributed by atoms with Crippen molar-refractivity contribution in [3.05, 3.63) is 54.1 Å². The van der Waals surface area contributed by atoms with Crippen LogP contribution in [-0.4, -0.2) is 59.6 Å². The number of likely N-dealkylation sites (N-methyl/N-ethyl adjacent to an activating group) is 1. The number of methoxy groups -OCH3 is 1. The molecule has 2 aliphatic heterocycles. The zero-order valence-electron chi connectivity index (χ0n) is 17.8. The van der Waals surface area contributed by atoms with E-state index in [1.807, 2.05) is 18.3 Å². The van der Waals surface area contributed by atoms with Crippen LogP contribution in [0.15, 0.2) is 42.7 Å². The van der Waals surface area contributed by atoms with Crippen LogP contribution in [0.4, 0.5) is 5.82 Å². The number of anilines is 1. The molecule has 7 heteroatoms. The average molecular weight is 407 g/mol. The maximum absolute atomic E-state index is 5.55. The first-order chi connectivity index (χ1) is 14.7. The van der Waals surface area contributed by atoms with Gasteiger partial charge in [-0.05, 0) is 50.6 Å². The van der Waals surface area contributed by atoms with E-state index in [4.69, 9.17) is 9.72 Å². The number of piperidine rings is 1. The maximum Gasteiger partial charge on any atom is 0.141 e. The van der Waals surface area contributed by atoms with Crippen molar-refractivity contribution in [1.82, 2.24) is 24.6 Å². The Labute approximate surface area is 177 Å². The number of ether oxygens (including phenoxy) is 1. The lowest BCUT2D eigenvalue weighted by atomic mass is 9.94. The number of aromatic nitrogens is 3. The lowest BCUT2D eigenvalue weighted by Crippen LogP contribution is -2.45. The van der Waals surface area contributed by atoms with Gasteiger partial charge in [-0.3, -0.25) is 9.38 Å². The van der Waals surface area contributed by atoms with Crippen LogP contribution in [-0.2, 0) is 0 Å². The quantitative estimate of drug-likeness (QED) is 0.719. The van der Waals surface area contributed by atoms with Gasteiger partial charge in [-0.15, -0.1) is 0 Å². The minimum atomic E-state index is 0.182. The zero-order valence-corrected chi connectivity index (χ0v) is 17.8. The summed E-state index contributed by atoms with van der Waals surface area (Å²) in [7, 11) is 3.90. The molecule has 158 valence electrons. The van der Waals surface area contributed by atoms with Crippen molar-refractivity contribution in [2.45, 2.75) is 31.3 Å². The molecule has 1 unspecified atom stereocenters. The van der Waals surface area contributed by atoms with Crippen molar-refractivity contribution < 1.29 is 4.74 Å². The molecule has 5 heterocycles. The second-order valence-corrected chi connectivity index (χ2v) is 8.36. The van der Waals surface area contributed by atoms with E-state index < -0.39 is 0 Å². The molecule has 0 spiro atoms. The third kappa shape index (κ3) is 3.63. The highest BCUT2D eigenvalue weighted by Gasteiger charge is 2.28. The van der Waals surface area contributed by atoms with Gasteiger partial charge in [0.25, 0.3) is 0 Å². The van der Waals surface area contributed by atoms with Gasteiger partial charge >= 0.3 is 0 Å². The Bertz CT molecular complexity index is 1010. The van der Waals surface area contributed by atoms with Crippen molar-refractivity contribution in [2.75, 3.05) is 45.2 Å². The van der Waals surface area contributed by atoms with Crippen LogP contribution in [0.3, 0.4) is 0 Å². The Morgan fingerprint density at radius 2 is 1.87 bits per heavy atom. The molecule has 0 aliphatic carbocycles. The van der Waals surface area contributed by atoms with Crippen molar-refractivity contribution in [2.24, 2.45) is 0 Å². The molecular weight excluding hydrogens is 376 g/mol. The predicted octanol–water partition coefficient (Wildman–Crippen LogP) is 3.05. The van der Waals surface area contributed by atoms with Crippen molar-refractivity contribution in [1.29, 1.82) is 0 Å². The first-order valence-electron chi connectivity index (χ1n) is 10.9. The smallest absolute Gasteiger partial charge is 0.141 e. The summed E-state index contributed by atoms with van der Waals surface area (Å²) in [5, 5.41) is 3.79. The molecule has 0 saturated carbocycles. The summed E-state index contributed by atoms with van der Waals surface area (Å²) in [5.41, 5.74) is 3.11. The van der Waals surface area contributed by atoms with Crippen LogP contribution in [0.1, 0.15) is 42.7 Å². The van der Waals surface area contributed by atoms with E-state index in [1.165, 1.54) is 5.82 Å². The second-order valence-electron chi connectivity index (χ2n) is 8.36. The van der Waals surface area contributed by atoms with Gasteiger partial charge < -0.3 is 19.9 Å². The Morgan fingerprint density at radius 1 is 1.03 bits per heavy atom. The first-order valence-corrected chi connectivity index (χ1v) is 10.9. The van der Waals surface area contributed by atoms with E-state index >= 15 is 0 Å². The monoisotopic (exact) mass is 406 g/mol. The number of fused-ring (bicyclic) bond motifs is 1. The van der Waals surface area contributed by atoms with Crippen molar-refractivity contribution >= 4 is 11.5 Å². The Balaban J connectivity index is 1.41. The number of hydrogen-bond donors (Lipinski definition) is 1. The largest absolute Gasteiger partial charge is 0.495 e. The summed E-state index contributed by atoms with van der Waals surface area (Å²) >= 11 is 0. The topological polar surface area (TPSA) is 57.9 Å². The molecule has 3 aromatic heterocycles. The van der Waals surface area contributed by atoms with Gasteiger partial charge in [-0.1, -0.05) is 6.07 Å². The molecule has 7 nitrogen and oxygen atoms in total. The third-order valence-electron chi connectivity index (χ3n) is 6.41. The van der Waals surface area contributed by atoms with Crippen LogP contribution in [0, 0.1) is 0 Å². The molecule has 0 radical (unpaired) electrons. The number of nitrogens with one attached hydrogen (secondary N) is 1. The molecule has 1 N–H and O–H groups in total. The maximum atomic E-state index is 5.55. The minimum absolute atomic E-state index is 0.182. The first kappa shape index (κ1) is 19.3. The summed E-state index contributed by atoms with van der Waals surface area (Å²) in [6, 6.07) is 10.7. The molecule has 2 atom stereocenters. The van der Waals surface area contributed by atoms with E-state index in [-0.39, 0.29) is 12.1 Å². The summed E-state index contributed by atoms with van der Waals surface area (Å²) in [4.78, 5) is 14.4. The minimum Gasteiger partial charge on any atom is -0.495 e. The molecule has 5 rings (SSSR count). The summed E-state index contributed by atoms with van der Waals surface area (Å²) < 4.78 is 7.80. The van der Waals surface area contributed by atoms with Crippen LogP contribution >= 0.6 is 0 Å². The molecule has 30 heavy (non-hydrogen) atoms. The Morgan fingerprint density at radius 3 is 2.70 bits per heavy atom. The number of rotatable bonds is 4. The molecular formula is C23H30N6O. The van der Waals surface area contributed by atoms with Crippen LogP contribution < -0.4 is 15.0 Å². The van der Waals surface area contributed by atoms with E-state index in [0.29, 0.717) is 0 Å². The molecule has 0 amide bonds. The third-order valence-corrected chi connectivity index (χ3v) is 6.41.